The maximum Gasteiger partial charge on any atom is 0 e. The molecule has 0 saturated heterocycles. The van der Waals surface area contributed by atoms with Crippen molar-refractivity contribution in [3.8, 4) is 0 Å². The molecule has 0 amide bonds. The summed E-state index contributed by atoms with van der Waals surface area (Å²) in [5.41, 5.74) is 0. The zero-order valence-electron chi connectivity index (χ0n) is 20.6. The summed E-state index contributed by atoms with van der Waals surface area (Å²) in [6.07, 6.45) is 0. The first-order valence-corrected chi connectivity index (χ1v) is 0. The molecule has 230 valence electrons. The van der Waals surface area contributed by atoms with Gasteiger partial charge >= 0.3 is 0 Å². The van der Waals surface area contributed by atoms with Crippen LogP contribution in [0.3, 0.4) is 0 Å². The summed E-state index contributed by atoms with van der Waals surface area (Å²) in [4.78, 5) is 0. The molecule has 0 unspecified atom stereocenters. The van der Waals surface area contributed by atoms with Crippen molar-refractivity contribution in [2.75, 3.05) is 0 Å². The Morgan fingerprint density at radius 2 is 0.0217 bits per heavy atom. The Morgan fingerprint density at radius 1 is 0.0217 bits per heavy atom. The Morgan fingerprint density at radius 3 is 0.0217 bits per heavy atom. The van der Waals surface area contributed by atoms with E-state index in [1.165, 1.54) is 0 Å². The molecule has 0 rings (SSSR count). The largest absolute Gasteiger partial charge is 0 e. The van der Waals surface area contributed by atoms with Crippen molar-refractivity contribution in [2.24, 2.45) is 0 Å². The number of rotatable bonds is 0. The van der Waals surface area contributed by atoms with Gasteiger partial charge in [0.15, 0.2) is 0 Å². The van der Waals surface area contributed by atoms with E-state index < -0.39 is 0 Å². The van der Waals surface area contributed by atoms with Crippen LogP contribution in [0.15, 0.2) is 0 Å². The van der Waals surface area contributed by atoms with Crippen LogP contribution in [0, 0.1) is 0 Å². The second kappa shape index (κ2) is 500. The van der Waals surface area contributed by atoms with E-state index in [2.05, 4.69) is 0 Å². The Labute approximate surface area is 830 Å². The van der Waals surface area contributed by atoms with Crippen LogP contribution in [-0.4, -0.2) is 0 Å². The molecule has 0 aromatic carbocycles. The van der Waals surface area contributed by atoms with E-state index in [0.717, 1.165) is 0 Å². The number of hydrogen-bond donors (Lipinski definition) is 0. The Bertz CT molecular complexity index is 0. The molecule has 0 spiro atoms. The van der Waals surface area contributed by atoms with Gasteiger partial charge in [-0.2, -0.15) is 0 Å². The fourth-order valence-electron chi connectivity index (χ4n) is 0. The molecule has 0 aromatic heterocycles. The van der Waals surface area contributed by atoms with E-state index >= 15 is 0 Å². The first-order valence-electron chi connectivity index (χ1n) is 0. The second-order valence-electron chi connectivity index (χ2n) is 0. The SMILES string of the molecule is [V].[V].[V].[V].[V].[V].[V].[V].[V].[V].[V].[V].[V].[V].[V].[V].[V].[V].[V].[V].[V].[V].[V].[V].[V].[V].[V].[V].[V].[V].[V].[V].[V].[V].[V].[V].[V].[V].[V].[V].[V].[V].[V].[V].[V].[V]. The summed E-state index contributed by atoms with van der Waals surface area (Å²) in [7, 11) is 0. The first kappa shape index (κ1) is 521. The molecule has 0 aliphatic rings. The molecule has 0 nitrogen and oxygen atoms in total. The monoisotopic (exact) mass is 2340 g/mol. The third-order valence-electron chi connectivity index (χ3n) is 0. The molecule has 46 heavy (non-hydrogen) atoms. The molecule has 0 bridgehead atoms. The topological polar surface area (TPSA) is 0 Å². The minimum absolute atomic E-state index is 0. The summed E-state index contributed by atoms with van der Waals surface area (Å²) in [5, 5.41) is 0. The zero-order chi connectivity index (χ0) is 0. The van der Waals surface area contributed by atoms with Crippen molar-refractivity contribution < 1.29 is 854 Å². The van der Waals surface area contributed by atoms with E-state index in [1.807, 2.05) is 0 Å². The molecule has 0 aliphatic carbocycles. The van der Waals surface area contributed by atoms with E-state index in [0.29, 0.717) is 0 Å². The molecular weight excluding hydrogens is 2340 g/mol. The standard InChI is InChI=1S/46V. The van der Waals surface area contributed by atoms with Crippen LogP contribution in [0.4, 0.5) is 0 Å². The number of hydrogen-bond acceptors (Lipinski definition) is 0. The molecule has 46 radical (unpaired) electrons. The minimum Gasteiger partial charge on any atom is 0 e. The van der Waals surface area contributed by atoms with Crippen LogP contribution in [-0.2, 0) is 854 Å². The molecule has 0 atom stereocenters. The van der Waals surface area contributed by atoms with Gasteiger partial charge in [-0.3, -0.25) is 0 Å². The predicted octanol–water partition coefficient (Wildman–Crippen LogP) is -0.115. The smallest absolute Gasteiger partial charge is 0 e. The molecule has 0 N–H and O–H groups in total. The molecule has 0 fully saturated rings. The van der Waals surface area contributed by atoms with Crippen LogP contribution in [0.5, 0.6) is 0 Å². The average molecular weight is 2340 g/mol. The van der Waals surface area contributed by atoms with Gasteiger partial charge in [0.25, 0.3) is 0 Å². The first-order chi connectivity index (χ1) is 0. The van der Waals surface area contributed by atoms with Gasteiger partial charge in [0.2, 0.25) is 0 Å². The average Bonchev–Trinajstić information content (AvgIpc) is 0. The van der Waals surface area contributed by atoms with Crippen molar-refractivity contribution in [3.63, 3.8) is 0 Å². The van der Waals surface area contributed by atoms with Gasteiger partial charge < -0.3 is 0 Å². The van der Waals surface area contributed by atoms with Crippen LogP contribution in [0.25, 0.3) is 0 Å². The summed E-state index contributed by atoms with van der Waals surface area (Å²) in [5.74, 6) is 0. The van der Waals surface area contributed by atoms with Crippen LogP contribution in [0.2, 0.25) is 0 Å². The third-order valence-corrected chi connectivity index (χ3v) is 0. The van der Waals surface area contributed by atoms with E-state index in [9.17, 15) is 0 Å². The molecule has 0 aromatic rings. The fourth-order valence-corrected chi connectivity index (χ4v) is 0. The van der Waals surface area contributed by atoms with E-state index in [4.69, 9.17) is 0 Å². The predicted molar refractivity (Wildman–Crippen MR) is 0 cm³/mol. The van der Waals surface area contributed by atoms with Crippen molar-refractivity contribution in [2.45, 2.75) is 0 Å². The van der Waals surface area contributed by atoms with Crippen molar-refractivity contribution in [1.29, 1.82) is 0 Å². The van der Waals surface area contributed by atoms with Gasteiger partial charge in [-0.15, -0.1) is 0 Å². The maximum atomic E-state index is 0. The van der Waals surface area contributed by atoms with Gasteiger partial charge in [0.1, 0.15) is 0 Å². The summed E-state index contributed by atoms with van der Waals surface area (Å²) in [6, 6.07) is 0. The quantitative estimate of drug-likeness (QED) is 0.318. The van der Waals surface area contributed by atoms with E-state index in [-0.39, 0.29) is 854 Å². The maximum absolute atomic E-state index is 0. The Kier molecular flexibility index (Phi) is 5660. The van der Waals surface area contributed by atoms with E-state index in [1.54, 1.807) is 0 Å². The van der Waals surface area contributed by atoms with Crippen molar-refractivity contribution in [1.82, 2.24) is 0 Å². The second-order valence-corrected chi connectivity index (χ2v) is 0. The Balaban J connectivity index is 0. The molecule has 46 heteroatoms. The van der Waals surface area contributed by atoms with Crippen molar-refractivity contribution in [3.05, 3.63) is 0 Å². The van der Waals surface area contributed by atoms with Gasteiger partial charge in [0.05, 0.1) is 0 Å². The minimum atomic E-state index is 0. The van der Waals surface area contributed by atoms with Gasteiger partial charge in [-0.05, 0) is 0 Å². The third kappa shape index (κ3) is 479. The van der Waals surface area contributed by atoms with Gasteiger partial charge in [0, 0.05) is 854 Å². The molecular formula is V46. The summed E-state index contributed by atoms with van der Waals surface area (Å²) < 4.78 is 0. The van der Waals surface area contributed by atoms with Crippen LogP contribution >= 0.6 is 0 Å². The molecule has 0 heterocycles. The van der Waals surface area contributed by atoms with Gasteiger partial charge in [-0.25, -0.2) is 0 Å². The summed E-state index contributed by atoms with van der Waals surface area (Å²) >= 11 is 0. The summed E-state index contributed by atoms with van der Waals surface area (Å²) in [6.45, 7) is 0. The van der Waals surface area contributed by atoms with Crippen LogP contribution in [0.1, 0.15) is 0 Å². The van der Waals surface area contributed by atoms with Crippen molar-refractivity contribution >= 4 is 0 Å². The zero-order valence-corrected chi connectivity index (χ0v) is 84.8. The van der Waals surface area contributed by atoms with Gasteiger partial charge in [-0.1, -0.05) is 0 Å². The molecule has 0 saturated carbocycles. The Hall–Kier alpha value is 26.9. The normalized spacial score (nSPS) is 0. The fraction of sp³-hybridized carbons (Fsp3) is 0. The molecule has 0 aliphatic heterocycles. The van der Waals surface area contributed by atoms with Crippen LogP contribution < -0.4 is 0 Å².